The molecule has 1 atom stereocenters. The first-order chi connectivity index (χ1) is 10.9. The number of ether oxygens (including phenoxy) is 1. The van der Waals surface area contributed by atoms with Crippen LogP contribution in [0.1, 0.15) is 24.8 Å². The Morgan fingerprint density at radius 3 is 2.78 bits per heavy atom. The molecule has 0 bridgehead atoms. The lowest BCUT2D eigenvalue weighted by Crippen LogP contribution is -2.51. The lowest BCUT2D eigenvalue weighted by atomic mass is 10.0. The van der Waals surface area contributed by atoms with Crippen molar-refractivity contribution in [2.45, 2.75) is 32.2 Å². The van der Waals surface area contributed by atoms with Gasteiger partial charge < -0.3 is 15.4 Å². The lowest BCUT2D eigenvalue weighted by molar-refractivity contribution is -0.385. The number of benzene rings is 1. The van der Waals surface area contributed by atoms with Crippen LogP contribution in [-0.4, -0.2) is 40.8 Å². The summed E-state index contributed by atoms with van der Waals surface area (Å²) in [5, 5.41) is 10.8. The highest BCUT2D eigenvalue weighted by molar-refractivity contribution is 5.87. The minimum atomic E-state index is -0.585. The van der Waals surface area contributed by atoms with Gasteiger partial charge in [0.15, 0.2) is 6.61 Å². The molecule has 1 aromatic carbocycles. The largest absolute Gasteiger partial charge is 0.484 e. The number of primary amides is 1. The molecule has 1 aromatic rings. The lowest BCUT2D eigenvalue weighted by Gasteiger charge is -2.33. The maximum atomic E-state index is 12.2. The molecule has 0 spiro atoms. The summed E-state index contributed by atoms with van der Waals surface area (Å²) in [5.41, 5.74) is 5.78. The summed E-state index contributed by atoms with van der Waals surface area (Å²) in [6.07, 6.45) is 2.25. The fourth-order valence-corrected chi connectivity index (χ4v) is 2.68. The van der Waals surface area contributed by atoms with Crippen molar-refractivity contribution in [1.29, 1.82) is 0 Å². The number of hydrogen-bond donors (Lipinski definition) is 1. The number of nitrogens with zero attached hydrogens (tertiary/aromatic N) is 2. The fraction of sp³-hybridized carbons (Fsp3) is 0.467. The number of likely N-dealkylation sites (tertiary alicyclic amines) is 1. The van der Waals surface area contributed by atoms with Gasteiger partial charge in [-0.25, -0.2) is 0 Å². The summed E-state index contributed by atoms with van der Waals surface area (Å²) in [7, 11) is 0. The van der Waals surface area contributed by atoms with Gasteiger partial charge in [-0.05, 0) is 38.3 Å². The number of piperidine rings is 1. The first kappa shape index (κ1) is 16.7. The van der Waals surface area contributed by atoms with E-state index in [-0.39, 0.29) is 18.2 Å². The highest BCUT2D eigenvalue weighted by Gasteiger charge is 2.30. The van der Waals surface area contributed by atoms with Crippen LogP contribution >= 0.6 is 0 Å². The molecule has 2 N–H and O–H groups in total. The molecule has 124 valence electrons. The van der Waals surface area contributed by atoms with Crippen LogP contribution in [0.2, 0.25) is 0 Å². The van der Waals surface area contributed by atoms with E-state index in [9.17, 15) is 19.7 Å². The number of rotatable bonds is 5. The molecule has 1 aliphatic heterocycles. The van der Waals surface area contributed by atoms with Crippen molar-refractivity contribution in [1.82, 2.24) is 4.90 Å². The zero-order chi connectivity index (χ0) is 17.0. The number of amides is 2. The van der Waals surface area contributed by atoms with Crippen molar-refractivity contribution in [3.8, 4) is 5.75 Å². The molecule has 0 saturated carbocycles. The average Bonchev–Trinajstić information content (AvgIpc) is 2.52. The predicted molar refractivity (Wildman–Crippen MR) is 81.9 cm³/mol. The Morgan fingerprint density at radius 2 is 2.17 bits per heavy atom. The number of carbonyl (C=O) groups excluding carboxylic acids is 2. The summed E-state index contributed by atoms with van der Waals surface area (Å²) < 4.78 is 5.40. The monoisotopic (exact) mass is 321 g/mol. The molecule has 23 heavy (non-hydrogen) atoms. The quantitative estimate of drug-likeness (QED) is 0.645. The van der Waals surface area contributed by atoms with E-state index in [0.29, 0.717) is 24.3 Å². The number of nitro groups is 1. The first-order valence-corrected chi connectivity index (χ1v) is 7.37. The molecule has 1 saturated heterocycles. The van der Waals surface area contributed by atoms with E-state index >= 15 is 0 Å². The maximum Gasteiger partial charge on any atom is 0.272 e. The third kappa shape index (κ3) is 3.97. The van der Waals surface area contributed by atoms with Crippen molar-refractivity contribution in [3.63, 3.8) is 0 Å². The molecule has 1 heterocycles. The Kier molecular flexibility index (Phi) is 5.15. The van der Waals surface area contributed by atoms with Crippen molar-refractivity contribution in [2.75, 3.05) is 13.2 Å². The van der Waals surface area contributed by atoms with Crippen LogP contribution in [0.15, 0.2) is 18.2 Å². The van der Waals surface area contributed by atoms with E-state index in [1.807, 2.05) is 0 Å². The van der Waals surface area contributed by atoms with Gasteiger partial charge in [0.25, 0.3) is 11.6 Å². The zero-order valence-corrected chi connectivity index (χ0v) is 12.9. The van der Waals surface area contributed by atoms with Crippen LogP contribution in [0.4, 0.5) is 5.69 Å². The Morgan fingerprint density at radius 1 is 1.43 bits per heavy atom. The Labute approximate surface area is 133 Å². The summed E-state index contributed by atoms with van der Waals surface area (Å²) in [6.45, 7) is 1.84. The maximum absolute atomic E-state index is 12.2. The van der Waals surface area contributed by atoms with Crippen LogP contribution < -0.4 is 10.5 Å². The van der Waals surface area contributed by atoms with Crippen molar-refractivity contribution >= 4 is 17.5 Å². The van der Waals surface area contributed by atoms with Gasteiger partial charge in [-0.15, -0.1) is 0 Å². The molecule has 2 amide bonds. The van der Waals surface area contributed by atoms with Crippen LogP contribution in [0, 0.1) is 17.0 Å². The van der Waals surface area contributed by atoms with Crippen molar-refractivity contribution in [2.24, 2.45) is 5.73 Å². The summed E-state index contributed by atoms with van der Waals surface area (Å²) in [5.74, 6) is -0.456. The minimum Gasteiger partial charge on any atom is -0.484 e. The Balaban J connectivity index is 1.99. The number of nitro benzene ring substituents is 1. The molecule has 0 aliphatic carbocycles. The van der Waals surface area contributed by atoms with Gasteiger partial charge in [-0.2, -0.15) is 0 Å². The SMILES string of the molecule is Cc1cc(OCC(=O)N2CCCC[C@H]2C(N)=O)ccc1[N+](=O)[O-]. The summed E-state index contributed by atoms with van der Waals surface area (Å²) >= 11 is 0. The van der Waals surface area contributed by atoms with Gasteiger partial charge in [0.05, 0.1) is 4.92 Å². The first-order valence-electron chi connectivity index (χ1n) is 7.37. The Hall–Kier alpha value is -2.64. The number of carbonyl (C=O) groups is 2. The minimum absolute atomic E-state index is 0.00602. The zero-order valence-electron chi connectivity index (χ0n) is 12.9. The molecular weight excluding hydrogens is 302 g/mol. The Bertz CT molecular complexity index is 632. The molecule has 0 aromatic heterocycles. The second-order valence-electron chi connectivity index (χ2n) is 5.50. The molecule has 8 heteroatoms. The van der Waals surface area contributed by atoms with Gasteiger partial charge >= 0.3 is 0 Å². The van der Waals surface area contributed by atoms with Gasteiger partial charge in [-0.1, -0.05) is 0 Å². The van der Waals surface area contributed by atoms with Gasteiger partial charge in [0.2, 0.25) is 5.91 Å². The van der Waals surface area contributed by atoms with Crippen LogP contribution in [-0.2, 0) is 9.59 Å². The molecule has 8 nitrogen and oxygen atoms in total. The fourth-order valence-electron chi connectivity index (χ4n) is 2.68. The predicted octanol–water partition coefficient (Wildman–Crippen LogP) is 1.15. The van der Waals surface area contributed by atoms with Crippen molar-refractivity contribution < 1.29 is 19.2 Å². The van der Waals surface area contributed by atoms with E-state index in [2.05, 4.69) is 0 Å². The smallest absolute Gasteiger partial charge is 0.272 e. The highest BCUT2D eigenvalue weighted by Crippen LogP contribution is 2.23. The van der Waals surface area contributed by atoms with E-state index in [1.165, 1.54) is 23.1 Å². The second-order valence-corrected chi connectivity index (χ2v) is 5.50. The third-order valence-electron chi connectivity index (χ3n) is 3.88. The van der Waals surface area contributed by atoms with E-state index in [1.54, 1.807) is 6.92 Å². The summed E-state index contributed by atoms with van der Waals surface area (Å²) in [4.78, 5) is 35.4. The standard InChI is InChI=1S/C15H19N3O5/c1-10-8-11(5-6-12(10)18(21)22)23-9-14(19)17-7-3-2-4-13(17)15(16)20/h5-6,8,13H,2-4,7,9H2,1H3,(H2,16,20)/t13-/m0/s1. The average molecular weight is 321 g/mol. The van der Waals surface area contributed by atoms with E-state index < -0.39 is 16.9 Å². The number of nitrogens with two attached hydrogens (primary N) is 1. The van der Waals surface area contributed by atoms with Crippen molar-refractivity contribution in [3.05, 3.63) is 33.9 Å². The molecular formula is C15H19N3O5. The molecule has 1 aliphatic rings. The third-order valence-corrected chi connectivity index (χ3v) is 3.88. The molecule has 0 radical (unpaired) electrons. The molecule has 2 rings (SSSR count). The van der Waals surface area contributed by atoms with E-state index in [4.69, 9.17) is 10.5 Å². The number of aryl methyl sites for hydroxylation is 1. The molecule has 1 fully saturated rings. The van der Waals surface area contributed by atoms with E-state index in [0.717, 1.165) is 12.8 Å². The van der Waals surface area contributed by atoms with Gasteiger partial charge in [0, 0.05) is 18.2 Å². The number of hydrogen-bond acceptors (Lipinski definition) is 5. The van der Waals surface area contributed by atoms with Crippen LogP contribution in [0.5, 0.6) is 5.75 Å². The topological polar surface area (TPSA) is 116 Å². The van der Waals surface area contributed by atoms with Crippen LogP contribution in [0.3, 0.4) is 0 Å². The summed E-state index contributed by atoms with van der Waals surface area (Å²) in [6, 6.07) is 3.70. The van der Waals surface area contributed by atoms with Gasteiger partial charge in [0.1, 0.15) is 11.8 Å². The van der Waals surface area contributed by atoms with Crippen LogP contribution in [0.25, 0.3) is 0 Å². The van der Waals surface area contributed by atoms with Gasteiger partial charge in [-0.3, -0.25) is 19.7 Å². The highest BCUT2D eigenvalue weighted by atomic mass is 16.6. The molecule has 0 unspecified atom stereocenters. The normalized spacial score (nSPS) is 17.6. The second kappa shape index (κ2) is 7.08.